The second kappa shape index (κ2) is 8.83. The first-order valence-electron chi connectivity index (χ1n) is 9.97. The lowest BCUT2D eigenvalue weighted by molar-refractivity contribution is 0.284. The van der Waals surface area contributed by atoms with E-state index < -0.39 is 0 Å². The van der Waals surface area contributed by atoms with Crippen LogP contribution in [-0.4, -0.2) is 31.4 Å². The maximum absolute atomic E-state index is 12.4. The summed E-state index contributed by atoms with van der Waals surface area (Å²) in [7, 11) is 1.56. The maximum atomic E-state index is 12.4. The van der Waals surface area contributed by atoms with E-state index in [-0.39, 0.29) is 12.3 Å². The topological polar surface area (TPSA) is 84.1 Å². The predicted octanol–water partition coefficient (Wildman–Crippen LogP) is 3.31. The number of pyridine rings is 1. The van der Waals surface area contributed by atoms with Crippen LogP contribution < -0.4 is 15.2 Å². The van der Waals surface area contributed by atoms with Crippen molar-refractivity contribution >= 4 is 0 Å². The van der Waals surface area contributed by atoms with Gasteiger partial charge in [-0.05, 0) is 72.3 Å². The molecule has 0 N–H and O–H groups in total. The molecule has 0 fully saturated rings. The molecule has 8 nitrogen and oxygen atoms in total. The van der Waals surface area contributed by atoms with Gasteiger partial charge in [-0.2, -0.15) is 9.36 Å². The van der Waals surface area contributed by atoms with Gasteiger partial charge in [-0.25, -0.2) is 4.79 Å². The molecule has 0 radical (unpaired) electrons. The summed E-state index contributed by atoms with van der Waals surface area (Å²) in [5.74, 6) is 1.38. The number of rotatable bonds is 7. The highest BCUT2D eigenvalue weighted by atomic mass is 16.5. The van der Waals surface area contributed by atoms with E-state index in [1.165, 1.54) is 9.36 Å². The van der Waals surface area contributed by atoms with Gasteiger partial charge < -0.3 is 9.47 Å². The van der Waals surface area contributed by atoms with E-state index in [0.29, 0.717) is 18.0 Å². The molecule has 0 aliphatic rings. The number of aryl methyl sites for hydroxylation is 2. The molecule has 4 rings (SSSR count). The third kappa shape index (κ3) is 4.18. The highest BCUT2D eigenvalue weighted by molar-refractivity contribution is 5.61. The zero-order chi connectivity index (χ0) is 21.8. The Hall–Kier alpha value is -3.94. The van der Waals surface area contributed by atoms with E-state index in [2.05, 4.69) is 15.4 Å². The summed E-state index contributed by atoms with van der Waals surface area (Å²) in [6.07, 6.45) is 1.77. The number of aromatic nitrogens is 5. The minimum absolute atomic E-state index is 0.207. The third-order valence-corrected chi connectivity index (χ3v) is 4.87. The molecular formula is C23H23N5O3. The molecule has 4 aromatic rings. The van der Waals surface area contributed by atoms with Crippen molar-refractivity contribution in [3.8, 4) is 28.4 Å². The van der Waals surface area contributed by atoms with Crippen LogP contribution in [0.1, 0.15) is 18.1 Å². The molecule has 0 saturated carbocycles. The van der Waals surface area contributed by atoms with Crippen LogP contribution in [0.15, 0.2) is 65.6 Å². The van der Waals surface area contributed by atoms with E-state index >= 15 is 0 Å². The monoisotopic (exact) mass is 417 g/mol. The smallest absolute Gasteiger partial charge is 0.368 e. The van der Waals surface area contributed by atoms with Gasteiger partial charge in [0.05, 0.1) is 23.6 Å². The first kappa shape index (κ1) is 20.3. The van der Waals surface area contributed by atoms with Crippen molar-refractivity contribution in [1.82, 2.24) is 24.8 Å². The molecule has 0 unspecified atom stereocenters. The van der Waals surface area contributed by atoms with Crippen LogP contribution in [0.4, 0.5) is 0 Å². The third-order valence-electron chi connectivity index (χ3n) is 4.87. The average Bonchev–Trinajstić information content (AvgIpc) is 3.12. The lowest BCUT2D eigenvalue weighted by atomic mass is 10.1. The van der Waals surface area contributed by atoms with Crippen LogP contribution in [0, 0.1) is 6.92 Å². The Bertz CT molecular complexity index is 1250. The normalized spacial score (nSPS) is 10.8. The molecule has 2 aromatic heterocycles. The van der Waals surface area contributed by atoms with Crippen LogP contribution in [-0.2, 0) is 13.7 Å². The summed E-state index contributed by atoms with van der Waals surface area (Å²) in [4.78, 5) is 16.8. The molecule has 0 amide bonds. The molecule has 2 heterocycles. The summed E-state index contributed by atoms with van der Waals surface area (Å²) in [5.41, 5.74) is 3.86. The maximum Gasteiger partial charge on any atom is 0.368 e. The number of benzene rings is 2. The Kier molecular flexibility index (Phi) is 5.79. The number of nitrogens with zero attached hydrogens (tertiary/aromatic N) is 5. The minimum Gasteiger partial charge on any atom is -0.493 e. The summed E-state index contributed by atoms with van der Waals surface area (Å²) in [6.45, 7) is 4.60. The summed E-state index contributed by atoms with van der Waals surface area (Å²) in [6, 6.07) is 17.2. The Morgan fingerprint density at radius 3 is 2.52 bits per heavy atom. The second-order valence-electron chi connectivity index (χ2n) is 6.97. The van der Waals surface area contributed by atoms with Crippen molar-refractivity contribution in [1.29, 1.82) is 0 Å². The van der Waals surface area contributed by atoms with Gasteiger partial charge in [-0.15, -0.1) is 0 Å². The molecule has 0 spiro atoms. The lowest BCUT2D eigenvalue weighted by Gasteiger charge is -2.16. The molecule has 2 aromatic carbocycles. The van der Waals surface area contributed by atoms with Gasteiger partial charge in [0.25, 0.3) is 0 Å². The quantitative estimate of drug-likeness (QED) is 0.459. The molecular weight excluding hydrogens is 394 g/mol. The zero-order valence-corrected chi connectivity index (χ0v) is 17.6. The molecule has 0 bridgehead atoms. The number of hydrogen-bond donors (Lipinski definition) is 0. The Morgan fingerprint density at radius 2 is 1.84 bits per heavy atom. The fourth-order valence-corrected chi connectivity index (χ4v) is 3.31. The van der Waals surface area contributed by atoms with Gasteiger partial charge in [0.2, 0.25) is 0 Å². The largest absolute Gasteiger partial charge is 0.493 e. The van der Waals surface area contributed by atoms with Crippen molar-refractivity contribution in [2.45, 2.75) is 20.5 Å². The van der Waals surface area contributed by atoms with Crippen molar-refractivity contribution in [3.05, 3.63) is 82.4 Å². The predicted molar refractivity (Wildman–Crippen MR) is 117 cm³/mol. The molecule has 0 aliphatic carbocycles. The summed E-state index contributed by atoms with van der Waals surface area (Å²) < 4.78 is 14.3. The van der Waals surface area contributed by atoms with Crippen LogP contribution in [0.25, 0.3) is 16.9 Å². The van der Waals surface area contributed by atoms with E-state index in [1.807, 2.05) is 62.4 Å². The van der Waals surface area contributed by atoms with Crippen molar-refractivity contribution in [2.24, 2.45) is 7.05 Å². The van der Waals surface area contributed by atoms with E-state index in [0.717, 1.165) is 28.1 Å². The fourth-order valence-electron chi connectivity index (χ4n) is 3.31. The molecule has 158 valence electrons. The lowest BCUT2D eigenvalue weighted by Crippen LogP contribution is -2.23. The molecule has 31 heavy (non-hydrogen) atoms. The van der Waals surface area contributed by atoms with Gasteiger partial charge in [-0.1, -0.05) is 12.1 Å². The van der Waals surface area contributed by atoms with Crippen LogP contribution in [0.3, 0.4) is 0 Å². The Labute approximate surface area is 179 Å². The van der Waals surface area contributed by atoms with Crippen LogP contribution in [0.5, 0.6) is 11.5 Å². The van der Waals surface area contributed by atoms with Gasteiger partial charge in [-0.3, -0.25) is 4.98 Å². The van der Waals surface area contributed by atoms with Crippen molar-refractivity contribution in [3.63, 3.8) is 0 Å². The van der Waals surface area contributed by atoms with Gasteiger partial charge in [0.1, 0.15) is 18.1 Å². The number of tetrazole rings is 1. The standard InChI is InChI=1S/C23H23N5O3/c1-4-30-22-10-7-9-20(28-23(29)27(3)25-26-28)18(22)15-31-21-12-11-17(14-16(21)2)19-8-5-6-13-24-19/h5-14H,4,15H2,1-3H3. The molecule has 0 aliphatic heterocycles. The first-order valence-corrected chi connectivity index (χ1v) is 9.97. The van der Waals surface area contributed by atoms with Crippen LogP contribution >= 0.6 is 0 Å². The molecule has 8 heteroatoms. The van der Waals surface area contributed by atoms with E-state index in [4.69, 9.17) is 9.47 Å². The highest BCUT2D eigenvalue weighted by Gasteiger charge is 2.16. The molecule has 0 saturated heterocycles. The molecule has 0 atom stereocenters. The Balaban J connectivity index is 1.65. The number of ether oxygens (including phenoxy) is 2. The van der Waals surface area contributed by atoms with Gasteiger partial charge in [0, 0.05) is 18.8 Å². The first-order chi connectivity index (χ1) is 15.1. The minimum atomic E-state index is -0.342. The fraction of sp³-hybridized carbons (Fsp3) is 0.217. The highest BCUT2D eigenvalue weighted by Crippen LogP contribution is 2.29. The summed E-state index contributed by atoms with van der Waals surface area (Å²) >= 11 is 0. The van der Waals surface area contributed by atoms with Gasteiger partial charge >= 0.3 is 5.69 Å². The summed E-state index contributed by atoms with van der Waals surface area (Å²) in [5, 5.41) is 7.77. The van der Waals surface area contributed by atoms with Crippen molar-refractivity contribution < 1.29 is 9.47 Å². The second-order valence-corrected chi connectivity index (χ2v) is 6.97. The van der Waals surface area contributed by atoms with E-state index in [9.17, 15) is 4.79 Å². The number of hydrogen-bond acceptors (Lipinski definition) is 6. The average molecular weight is 417 g/mol. The SMILES string of the molecule is CCOc1cccc(-n2nnn(C)c2=O)c1COc1ccc(-c2ccccn2)cc1C. The zero-order valence-electron chi connectivity index (χ0n) is 17.6. The van der Waals surface area contributed by atoms with Crippen molar-refractivity contribution in [2.75, 3.05) is 6.61 Å². The van der Waals surface area contributed by atoms with E-state index in [1.54, 1.807) is 19.3 Å². The van der Waals surface area contributed by atoms with Gasteiger partial charge in [0.15, 0.2) is 0 Å². The Morgan fingerprint density at radius 1 is 0.968 bits per heavy atom. The van der Waals surface area contributed by atoms with Crippen LogP contribution in [0.2, 0.25) is 0 Å².